The number of carbonyl (C=O) groups is 1. The first-order chi connectivity index (χ1) is 15.9. The molecule has 1 fully saturated rings. The Bertz CT molecular complexity index is 1350. The zero-order valence-electron chi connectivity index (χ0n) is 18.8. The molecule has 6 heteroatoms. The summed E-state index contributed by atoms with van der Waals surface area (Å²) in [6, 6.07) is 17.3. The van der Waals surface area contributed by atoms with Crippen LogP contribution in [-0.2, 0) is 0 Å². The van der Waals surface area contributed by atoms with Crippen LogP contribution in [-0.4, -0.2) is 38.3 Å². The van der Waals surface area contributed by atoms with Crippen LogP contribution in [0, 0.1) is 16.7 Å². The van der Waals surface area contributed by atoms with Crippen molar-refractivity contribution >= 4 is 11.6 Å². The lowest BCUT2D eigenvalue weighted by molar-refractivity contribution is 0.0630. The largest absolute Gasteiger partial charge is 0.339 e. The van der Waals surface area contributed by atoms with E-state index in [9.17, 15) is 4.79 Å². The summed E-state index contributed by atoms with van der Waals surface area (Å²) in [5.74, 6) is 0.0955. The maximum Gasteiger partial charge on any atom is 0.253 e. The molecule has 2 aromatic heterocycles. The molecule has 0 unspecified atom stereocenters. The Morgan fingerprint density at radius 2 is 1.61 bits per heavy atom. The fourth-order valence-corrected chi connectivity index (χ4v) is 4.25. The third-order valence-corrected chi connectivity index (χ3v) is 6.54. The molecule has 0 aliphatic carbocycles. The average Bonchev–Trinajstić information content (AvgIpc) is 3.27. The zero-order chi connectivity index (χ0) is 23.0. The van der Waals surface area contributed by atoms with Crippen molar-refractivity contribution < 1.29 is 4.79 Å². The molecule has 33 heavy (non-hydrogen) atoms. The molecule has 0 saturated carbocycles. The van der Waals surface area contributed by atoms with E-state index in [1.807, 2.05) is 58.1 Å². The van der Waals surface area contributed by atoms with Crippen LogP contribution in [0.4, 0.5) is 0 Å². The summed E-state index contributed by atoms with van der Waals surface area (Å²) in [5.41, 5.74) is 6.04. The summed E-state index contributed by atoms with van der Waals surface area (Å²) in [4.78, 5) is 23.9. The first-order valence-corrected chi connectivity index (χ1v) is 11.2. The molecular weight excluding hydrogens is 410 g/mol. The lowest BCUT2D eigenvalue weighted by Crippen LogP contribution is -2.41. The summed E-state index contributed by atoms with van der Waals surface area (Å²) in [6.45, 7) is 6.15. The lowest BCUT2D eigenvalue weighted by Gasteiger charge is -2.37. The minimum absolute atomic E-state index is 0.0955. The molecule has 0 bridgehead atoms. The van der Waals surface area contributed by atoms with Gasteiger partial charge >= 0.3 is 0 Å². The van der Waals surface area contributed by atoms with Gasteiger partial charge in [-0.1, -0.05) is 38.1 Å². The van der Waals surface area contributed by atoms with Crippen molar-refractivity contribution in [3.63, 3.8) is 0 Å². The van der Waals surface area contributed by atoms with Gasteiger partial charge < -0.3 is 4.90 Å². The summed E-state index contributed by atoms with van der Waals surface area (Å²) in [6.07, 6.45) is 7.58. The molecule has 1 aliphatic rings. The van der Waals surface area contributed by atoms with Crippen molar-refractivity contribution in [1.82, 2.24) is 19.3 Å². The number of carbonyl (C=O) groups excluding carboxylic acids is 1. The van der Waals surface area contributed by atoms with Gasteiger partial charge in [0.1, 0.15) is 0 Å². The summed E-state index contributed by atoms with van der Waals surface area (Å²) in [7, 11) is 0. The van der Waals surface area contributed by atoms with Gasteiger partial charge in [-0.15, -0.1) is 0 Å². The fourth-order valence-electron chi connectivity index (χ4n) is 4.25. The molecule has 164 valence electrons. The highest BCUT2D eigenvalue weighted by molar-refractivity contribution is 5.94. The van der Waals surface area contributed by atoms with Crippen molar-refractivity contribution in [2.24, 2.45) is 5.41 Å². The minimum Gasteiger partial charge on any atom is -0.339 e. The van der Waals surface area contributed by atoms with Crippen LogP contribution < -0.4 is 0 Å². The van der Waals surface area contributed by atoms with E-state index in [2.05, 4.69) is 29.9 Å². The van der Waals surface area contributed by atoms with Gasteiger partial charge in [0.05, 0.1) is 35.4 Å². The van der Waals surface area contributed by atoms with E-state index in [1.165, 1.54) is 0 Å². The molecule has 0 atom stereocenters. The lowest BCUT2D eigenvalue weighted by atomic mass is 9.82. The minimum atomic E-state index is 0.0955. The van der Waals surface area contributed by atoms with Crippen molar-refractivity contribution in [3.8, 4) is 28.6 Å². The molecule has 0 N–H and O–H groups in total. The SMILES string of the molecule is CC1(C)CCN(C(=O)c2ccc(-c3cn4c(-c5ccc(C#N)cc5)cnc4cn3)cc2)CC1. The van der Waals surface area contributed by atoms with Gasteiger partial charge in [0.15, 0.2) is 5.65 Å². The van der Waals surface area contributed by atoms with Crippen LogP contribution in [0.1, 0.15) is 42.6 Å². The van der Waals surface area contributed by atoms with E-state index < -0.39 is 0 Å². The second-order valence-electron chi connectivity index (χ2n) is 9.37. The summed E-state index contributed by atoms with van der Waals surface area (Å²) in [5, 5.41) is 9.04. The second kappa shape index (κ2) is 8.18. The Kier molecular flexibility index (Phi) is 5.18. The second-order valence-corrected chi connectivity index (χ2v) is 9.37. The molecule has 0 radical (unpaired) electrons. The average molecular weight is 436 g/mol. The highest BCUT2D eigenvalue weighted by Crippen LogP contribution is 2.30. The van der Waals surface area contributed by atoms with E-state index in [1.54, 1.807) is 18.3 Å². The molecule has 1 amide bonds. The Balaban J connectivity index is 1.40. The third-order valence-electron chi connectivity index (χ3n) is 6.54. The number of imidazole rings is 1. The van der Waals surface area contributed by atoms with Crippen LogP contribution in [0.2, 0.25) is 0 Å². The summed E-state index contributed by atoms with van der Waals surface area (Å²) < 4.78 is 2.00. The smallest absolute Gasteiger partial charge is 0.253 e. The topological polar surface area (TPSA) is 74.3 Å². The van der Waals surface area contributed by atoms with Gasteiger partial charge in [-0.3, -0.25) is 14.2 Å². The number of aromatic nitrogens is 3. The quantitative estimate of drug-likeness (QED) is 0.443. The number of likely N-dealkylation sites (tertiary alicyclic amines) is 1. The third kappa shape index (κ3) is 4.10. The fraction of sp³-hybridized carbons (Fsp3) is 0.259. The van der Waals surface area contributed by atoms with Crippen molar-refractivity contribution in [1.29, 1.82) is 5.26 Å². The molecular formula is C27H25N5O. The van der Waals surface area contributed by atoms with Gasteiger partial charge in [-0.25, -0.2) is 4.98 Å². The van der Waals surface area contributed by atoms with Gasteiger partial charge in [-0.2, -0.15) is 5.26 Å². The molecule has 1 saturated heterocycles. The number of benzene rings is 2. The highest BCUT2D eigenvalue weighted by Gasteiger charge is 2.28. The van der Waals surface area contributed by atoms with Gasteiger partial charge in [-0.05, 0) is 42.5 Å². The van der Waals surface area contributed by atoms with Crippen LogP contribution >= 0.6 is 0 Å². The number of nitrogens with zero attached hydrogens (tertiary/aromatic N) is 5. The highest BCUT2D eigenvalue weighted by atomic mass is 16.2. The van der Waals surface area contributed by atoms with E-state index in [0.717, 1.165) is 54.1 Å². The van der Waals surface area contributed by atoms with E-state index in [4.69, 9.17) is 5.26 Å². The van der Waals surface area contributed by atoms with Crippen molar-refractivity contribution in [2.75, 3.05) is 13.1 Å². The standard InChI is InChI=1S/C27H25N5O/c1-27(2)11-13-31(14-12-27)26(33)22-9-7-20(8-10-22)23-18-32-24(16-30-25(32)17-29-23)21-5-3-19(15-28)4-6-21/h3-10,16-18H,11-14H2,1-2H3. The van der Waals surface area contributed by atoms with Crippen LogP contribution in [0.25, 0.3) is 28.2 Å². The number of fused-ring (bicyclic) bond motifs is 1. The Morgan fingerprint density at radius 1 is 0.939 bits per heavy atom. The normalized spacial score (nSPS) is 15.4. The predicted molar refractivity (Wildman–Crippen MR) is 127 cm³/mol. The van der Waals surface area contributed by atoms with E-state index in [0.29, 0.717) is 16.5 Å². The molecule has 4 aromatic rings. The molecule has 5 rings (SSSR count). The number of amides is 1. The maximum atomic E-state index is 12.9. The van der Waals surface area contributed by atoms with Gasteiger partial charge in [0, 0.05) is 36.0 Å². The molecule has 0 spiro atoms. The number of nitriles is 1. The van der Waals surface area contributed by atoms with Gasteiger partial charge in [0.2, 0.25) is 0 Å². The van der Waals surface area contributed by atoms with Crippen LogP contribution in [0.5, 0.6) is 0 Å². The number of rotatable bonds is 3. The monoisotopic (exact) mass is 435 g/mol. The van der Waals surface area contributed by atoms with Crippen molar-refractivity contribution in [2.45, 2.75) is 26.7 Å². The van der Waals surface area contributed by atoms with Gasteiger partial charge in [0.25, 0.3) is 5.91 Å². The van der Waals surface area contributed by atoms with E-state index in [-0.39, 0.29) is 5.91 Å². The van der Waals surface area contributed by atoms with E-state index >= 15 is 0 Å². The maximum absolute atomic E-state index is 12.9. The molecule has 6 nitrogen and oxygen atoms in total. The number of hydrogen-bond acceptors (Lipinski definition) is 4. The number of piperidine rings is 1. The van der Waals surface area contributed by atoms with Crippen LogP contribution in [0.3, 0.4) is 0 Å². The molecule has 1 aliphatic heterocycles. The van der Waals surface area contributed by atoms with Crippen LogP contribution in [0.15, 0.2) is 67.1 Å². The Morgan fingerprint density at radius 3 is 2.27 bits per heavy atom. The van der Waals surface area contributed by atoms with Crippen molar-refractivity contribution in [3.05, 3.63) is 78.2 Å². The molecule has 3 heterocycles. The first kappa shape index (κ1) is 20.9. The predicted octanol–water partition coefficient (Wildman–Crippen LogP) is 5.20. The Hall–Kier alpha value is -3.98. The Labute approximate surface area is 193 Å². The molecule has 2 aromatic carbocycles. The number of hydrogen-bond donors (Lipinski definition) is 0. The zero-order valence-corrected chi connectivity index (χ0v) is 18.8. The first-order valence-electron chi connectivity index (χ1n) is 11.2. The summed E-state index contributed by atoms with van der Waals surface area (Å²) >= 11 is 0.